The molecule has 2 heterocycles. The third-order valence-electron chi connectivity index (χ3n) is 3.33. The lowest BCUT2D eigenvalue weighted by molar-refractivity contribution is 1.29. The summed E-state index contributed by atoms with van der Waals surface area (Å²) in [6, 6.07) is 12.7. The molecule has 23 heavy (non-hydrogen) atoms. The molecule has 1 aromatic carbocycles. The number of nitrogens with zero attached hydrogens (tertiary/aromatic N) is 2. The van der Waals surface area contributed by atoms with E-state index in [1.54, 1.807) is 30.5 Å². The van der Waals surface area contributed by atoms with Gasteiger partial charge in [-0.05, 0) is 46.3 Å². The van der Waals surface area contributed by atoms with Gasteiger partial charge in [0.15, 0.2) is 0 Å². The van der Waals surface area contributed by atoms with E-state index in [0.717, 1.165) is 15.5 Å². The van der Waals surface area contributed by atoms with Crippen LogP contribution in [0.25, 0.3) is 16.6 Å². The molecule has 0 unspecified atom stereocenters. The van der Waals surface area contributed by atoms with Crippen LogP contribution in [0.5, 0.6) is 0 Å². The molecule has 3 rings (SSSR count). The van der Waals surface area contributed by atoms with E-state index in [1.807, 2.05) is 18.2 Å². The highest BCUT2D eigenvalue weighted by atomic mass is 79.9. The molecule has 6 heteroatoms. The van der Waals surface area contributed by atoms with Crippen LogP contribution in [-0.2, 0) is 0 Å². The maximum Gasteiger partial charge on any atom is 0.0905 e. The van der Waals surface area contributed by atoms with Crippen LogP contribution in [-0.4, -0.2) is 15.7 Å². The third kappa shape index (κ3) is 3.25. The molecule has 0 aliphatic carbocycles. The Morgan fingerprint density at radius 2 is 2.00 bits per heavy atom. The van der Waals surface area contributed by atoms with E-state index in [4.69, 9.17) is 22.7 Å². The van der Waals surface area contributed by atoms with E-state index >= 15 is 0 Å². The van der Waals surface area contributed by atoms with Crippen molar-refractivity contribution in [3.05, 3.63) is 75.6 Å². The maximum atomic E-state index is 8.40. The number of rotatable bonds is 3. The number of aromatic nitrogens is 2. The number of nitrogens with one attached hydrogen (secondary N) is 1. The van der Waals surface area contributed by atoms with Crippen molar-refractivity contribution in [3.63, 3.8) is 0 Å². The molecule has 0 atom stereocenters. The molecule has 0 amide bonds. The van der Waals surface area contributed by atoms with Crippen molar-refractivity contribution in [2.24, 2.45) is 5.73 Å². The third-order valence-corrected chi connectivity index (χ3v) is 4.00. The average Bonchev–Trinajstić information content (AvgIpc) is 2.55. The zero-order valence-corrected chi connectivity index (χ0v) is 14.3. The molecular formula is C17H12BrClN4. The van der Waals surface area contributed by atoms with Crippen molar-refractivity contribution in [1.82, 2.24) is 9.97 Å². The summed E-state index contributed by atoms with van der Waals surface area (Å²) in [5, 5.41) is 8.97. The largest absolute Gasteiger partial charge is 0.404 e. The summed E-state index contributed by atoms with van der Waals surface area (Å²) in [6.07, 6.45) is 3.11. The molecule has 0 saturated heterocycles. The molecule has 0 saturated carbocycles. The van der Waals surface area contributed by atoms with Crippen molar-refractivity contribution in [2.45, 2.75) is 0 Å². The molecular weight excluding hydrogens is 376 g/mol. The topological polar surface area (TPSA) is 75.7 Å². The van der Waals surface area contributed by atoms with Crippen molar-refractivity contribution >= 4 is 49.8 Å². The molecule has 0 fully saturated rings. The minimum absolute atomic E-state index is 0.268. The predicted molar refractivity (Wildman–Crippen MR) is 97.7 cm³/mol. The van der Waals surface area contributed by atoms with Gasteiger partial charge in [-0.1, -0.05) is 23.7 Å². The van der Waals surface area contributed by atoms with Gasteiger partial charge >= 0.3 is 0 Å². The number of pyridine rings is 2. The molecule has 4 nitrogen and oxygen atoms in total. The normalized spacial score (nSPS) is 11.7. The summed E-state index contributed by atoms with van der Waals surface area (Å²) in [5.41, 5.74) is 9.37. The summed E-state index contributed by atoms with van der Waals surface area (Å²) in [5.74, 6) is 0. The van der Waals surface area contributed by atoms with Gasteiger partial charge in [0.1, 0.15) is 0 Å². The lowest BCUT2D eigenvalue weighted by atomic mass is 10.00. The Hall–Kier alpha value is -2.24. The van der Waals surface area contributed by atoms with E-state index in [-0.39, 0.29) is 5.71 Å². The average molecular weight is 388 g/mol. The smallest absolute Gasteiger partial charge is 0.0905 e. The standard InChI is InChI=1S/C17H12BrClN4/c18-11-7-16-15(22-9-11)5-4-14(23-16)13(8-20)17(21)10-2-1-3-12(19)6-10/h1-9,21H,20H2/b13-8-,21-17?. The maximum absolute atomic E-state index is 8.40. The van der Waals surface area contributed by atoms with Crippen LogP contribution in [0.1, 0.15) is 11.3 Å². The highest BCUT2D eigenvalue weighted by Crippen LogP contribution is 2.22. The van der Waals surface area contributed by atoms with Crippen LogP contribution in [0.4, 0.5) is 0 Å². The monoisotopic (exact) mass is 386 g/mol. The molecule has 0 aliphatic rings. The van der Waals surface area contributed by atoms with E-state index in [0.29, 0.717) is 21.9 Å². The van der Waals surface area contributed by atoms with Crippen LogP contribution in [0.15, 0.2) is 59.3 Å². The van der Waals surface area contributed by atoms with Crippen molar-refractivity contribution < 1.29 is 0 Å². The number of nitrogens with two attached hydrogens (primary N) is 1. The van der Waals surface area contributed by atoms with Crippen LogP contribution in [0, 0.1) is 5.41 Å². The van der Waals surface area contributed by atoms with E-state index < -0.39 is 0 Å². The van der Waals surface area contributed by atoms with Gasteiger partial charge in [0.25, 0.3) is 0 Å². The Morgan fingerprint density at radius 3 is 2.74 bits per heavy atom. The number of hydrogen-bond donors (Lipinski definition) is 2. The lowest BCUT2D eigenvalue weighted by Crippen LogP contribution is -2.07. The second-order valence-corrected chi connectivity index (χ2v) is 6.21. The summed E-state index contributed by atoms with van der Waals surface area (Å²) < 4.78 is 0.845. The van der Waals surface area contributed by atoms with Gasteiger partial charge < -0.3 is 5.73 Å². The first-order valence-corrected chi connectivity index (χ1v) is 7.95. The highest BCUT2D eigenvalue weighted by molar-refractivity contribution is 9.10. The number of benzene rings is 1. The number of hydrogen-bond acceptors (Lipinski definition) is 4. The van der Waals surface area contributed by atoms with Crippen LogP contribution < -0.4 is 5.73 Å². The summed E-state index contributed by atoms with van der Waals surface area (Å²) in [4.78, 5) is 8.85. The Morgan fingerprint density at radius 1 is 1.17 bits per heavy atom. The molecule has 0 radical (unpaired) electrons. The minimum atomic E-state index is 0.268. The SMILES string of the molecule is N=C(/C(=C\N)c1ccc2ncc(Br)cc2n1)c1cccc(Cl)c1. The summed E-state index contributed by atoms with van der Waals surface area (Å²) in [7, 11) is 0. The van der Waals surface area contributed by atoms with Gasteiger partial charge in [-0.3, -0.25) is 10.4 Å². The van der Waals surface area contributed by atoms with Gasteiger partial charge in [0.05, 0.1) is 22.4 Å². The zero-order valence-electron chi connectivity index (χ0n) is 11.9. The van der Waals surface area contributed by atoms with E-state index in [1.165, 1.54) is 6.20 Å². The first kappa shape index (κ1) is 15.6. The number of fused-ring (bicyclic) bond motifs is 1. The fraction of sp³-hybridized carbons (Fsp3) is 0. The van der Waals surface area contributed by atoms with Crippen molar-refractivity contribution in [1.29, 1.82) is 5.41 Å². The van der Waals surface area contributed by atoms with Gasteiger partial charge in [-0.15, -0.1) is 0 Å². The van der Waals surface area contributed by atoms with Crippen molar-refractivity contribution in [3.8, 4) is 0 Å². The van der Waals surface area contributed by atoms with Gasteiger partial charge in [0, 0.05) is 33.0 Å². The number of halogens is 2. The van der Waals surface area contributed by atoms with E-state index in [2.05, 4.69) is 25.9 Å². The Labute approximate surface area is 146 Å². The predicted octanol–water partition coefficient (Wildman–Crippen LogP) is 4.41. The van der Waals surface area contributed by atoms with Gasteiger partial charge in [0.2, 0.25) is 0 Å². The molecule has 3 aromatic rings. The van der Waals surface area contributed by atoms with Crippen LogP contribution in [0.2, 0.25) is 5.02 Å². The van der Waals surface area contributed by atoms with Gasteiger partial charge in [-0.2, -0.15) is 0 Å². The highest BCUT2D eigenvalue weighted by Gasteiger charge is 2.13. The number of allylic oxidation sites excluding steroid dienone is 1. The van der Waals surface area contributed by atoms with Crippen LogP contribution >= 0.6 is 27.5 Å². The fourth-order valence-electron chi connectivity index (χ4n) is 2.23. The van der Waals surface area contributed by atoms with E-state index in [9.17, 15) is 0 Å². The second-order valence-electron chi connectivity index (χ2n) is 4.85. The first-order chi connectivity index (χ1) is 11.1. The quantitative estimate of drug-likeness (QED) is 0.653. The lowest BCUT2D eigenvalue weighted by Gasteiger charge is -2.10. The first-order valence-electron chi connectivity index (χ1n) is 6.78. The Bertz CT molecular complexity index is 937. The molecule has 114 valence electrons. The molecule has 2 aromatic heterocycles. The van der Waals surface area contributed by atoms with Crippen LogP contribution in [0.3, 0.4) is 0 Å². The fourth-order valence-corrected chi connectivity index (χ4v) is 2.74. The molecule has 3 N–H and O–H groups in total. The summed E-state index contributed by atoms with van der Waals surface area (Å²) in [6.45, 7) is 0. The molecule has 0 aliphatic heterocycles. The summed E-state index contributed by atoms with van der Waals surface area (Å²) >= 11 is 9.39. The van der Waals surface area contributed by atoms with Gasteiger partial charge in [-0.25, -0.2) is 4.98 Å². The minimum Gasteiger partial charge on any atom is -0.404 e. The molecule has 0 spiro atoms. The molecule has 0 bridgehead atoms. The van der Waals surface area contributed by atoms with Crippen molar-refractivity contribution in [2.75, 3.05) is 0 Å². The zero-order chi connectivity index (χ0) is 16.4. The Balaban J connectivity index is 2.06. The Kier molecular flexibility index (Phi) is 4.41. The second kappa shape index (κ2) is 6.48.